The number of hydrogen-bond donors (Lipinski definition) is 6. The molecule has 0 aromatic carbocycles. The number of rotatable bonds is 12. The van der Waals surface area contributed by atoms with Crippen molar-refractivity contribution >= 4 is 64.5 Å². The average Bonchev–Trinajstić information content (AvgIpc) is 1.90. The van der Waals surface area contributed by atoms with Crippen molar-refractivity contribution in [2.24, 2.45) is 22.0 Å². The number of carbonyl (C=O) groups excluding carboxylic acids is 5. The quantitative estimate of drug-likeness (QED) is 0.0384. The number of esters is 3. The summed E-state index contributed by atoms with van der Waals surface area (Å²) < 4.78 is 41.8. The number of aromatic hydroxyl groups is 1. The number of amides is 1. The molecule has 0 aliphatic heterocycles. The summed E-state index contributed by atoms with van der Waals surface area (Å²) in [5.74, 6) is -0.435. The zero-order chi connectivity index (χ0) is 62.5. The number of nitrogen functional groups attached to an aromatic ring is 1. The predicted octanol–water partition coefficient (Wildman–Crippen LogP) is 11.2. The molecule has 10 rings (SSSR count). The average molecular weight is 1180 g/mol. The largest absolute Gasteiger partial charge is 0.504 e. The number of fused-ring (bicyclic) bond motifs is 2. The number of hydrogen-bond acceptors (Lipinski definition) is 21. The van der Waals surface area contributed by atoms with Crippen molar-refractivity contribution in [3.8, 4) is 5.75 Å². The van der Waals surface area contributed by atoms with Crippen LogP contribution in [-0.4, -0.2) is 106 Å². The van der Waals surface area contributed by atoms with Gasteiger partial charge in [0, 0.05) is 39.0 Å². The Kier molecular flexibility index (Phi) is 24.1. The van der Waals surface area contributed by atoms with E-state index in [4.69, 9.17) is 57.5 Å². The molecule has 470 valence electrons. The molecule has 23 nitrogen and oxygen atoms in total. The number of nitrogens with two attached hydrogens (primary N) is 2. The van der Waals surface area contributed by atoms with E-state index in [0.717, 1.165) is 57.7 Å². The van der Waals surface area contributed by atoms with Crippen molar-refractivity contribution < 1.29 is 74.8 Å². The minimum atomic E-state index is -0.886. The molecule has 0 radical (unpaired) electrons. The van der Waals surface area contributed by atoms with Gasteiger partial charge in [0.1, 0.15) is 34.2 Å². The van der Waals surface area contributed by atoms with Gasteiger partial charge in [-0.15, -0.1) is 0 Å². The van der Waals surface area contributed by atoms with E-state index < -0.39 is 51.4 Å². The summed E-state index contributed by atoms with van der Waals surface area (Å²) in [4.78, 5) is 87.6. The Morgan fingerprint density at radius 1 is 0.631 bits per heavy atom. The van der Waals surface area contributed by atoms with Gasteiger partial charge in [-0.2, -0.15) is 9.97 Å². The Hall–Kier alpha value is -7.27. The number of alkyl carbamates (subject to hydrolysis) is 1. The van der Waals surface area contributed by atoms with Crippen LogP contribution < -0.4 is 16.8 Å². The van der Waals surface area contributed by atoms with Crippen LogP contribution in [0.3, 0.4) is 0 Å². The van der Waals surface area contributed by atoms with E-state index in [2.05, 4.69) is 30.2 Å². The third kappa shape index (κ3) is 23.8. The number of aliphatic hydroxyl groups is 1. The Morgan fingerprint density at radius 2 is 1.06 bits per heavy atom. The van der Waals surface area contributed by atoms with Crippen molar-refractivity contribution in [2.75, 3.05) is 12.3 Å². The Balaban J connectivity index is 0.000000518. The zero-order valence-corrected chi connectivity index (χ0v) is 48.8. The third-order valence-corrected chi connectivity index (χ3v) is 12.8. The molecule has 0 spiro atoms. The second-order valence-electron chi connectivity index (χ2n) is 25.5. The molecule has 0 unspecified atom stereocenters. The smallest absolute Gasteiger partial charge is 0.408 e. The van der Waals surface area contributed by atoms with Crippen LogP contribution >= 0.6 is 0 Å². The molecule has 23 heteroatoms. The topological polar surface area (TPSA) is 355 Å². The second kappa shape index (κ2) is 28.5. The van der Waals surface area contributed by atoms with E-state index >= 15 is 0 Å². The lowest BCUT2D eigenvalue weighted by molar-refractivity contribution is -0.160. The van der Waals surface area contributed by atoms with Crippen LogP contribution in [-0.2, 0) is 54.0 Å². The van der Waals surface area contributed by atoms with Crippen LogP contribution in [0.1, 0.15) is 204 Å². The van der Waals surface area contributed by atoms with Gasteiger partial charge in [0.2, 0.25) is 11.8 Å². The number of aliphatic carboxylic acids is 1. The first-order chi connectivity index (χ1) is 38.5. The predicted molar refractivity (Wildman–Crippen MR) is 319 cm³/mol. The molecule has 0 saturated heterocycles. The number of carbonyl (C=O) groups is 6. The van der Waals surface area contributed by atoms with Crippen LogP contribution in [0.2, 0.25) is 0 Å². The van der Waals surface area contributed by atoms with E-state index in [0.29, 0.717) is 53.5 Å². The highest BCUT2D eigenvalue weighted by Gasteiger charge is 2.53. The van der Waals surface area contributed by atoms with E-state index in [1.807, 2.05) is 80.5 Å². The second-order valence-corrected chi connectivity index (χ2v) is 25.5. The number of nitrogens with zero attached hydrogens (tertiary/aromatic N) is 5. The summed E-state index contributed by atoms with van der Waals surface area (Å²) >= 11 is 0. The highest BCUT2D eigenvalue weighted by Crippen LogP contribution is 2.50. The Morgan fingerprint density at radius 3 is 1.40 bits per heavy atom. The Bertz CT molecular complexity index is 2900. The molecule has 5 fully saturated rings. The SMILES string of the molecule is C.C.C.CC(C)(C)OC(=O)CC1(C(=O)O)CC1.CC(C)(C)OC(=O)CC1(C=O)CC1.CC(C)(C)OC(=O)CC1(CO)CC1.CC(C)(C)OC(=O)NC1(c2nc3ncccc3o2)CC1.NC1(c2nc3ncccc3o2)CC1.Nc1ncccc1O.[2H][2H]. The maximum atomic E-state index is 11.9. The summed E-state index contributed by atoms with van der Waals surface area (Å²) in [6, 6.07) is 10.4. The minimum Gasteiger partial charge on any atom is -0.504 e. The lowest BCUT2D eigenvalue weighted by Crippen LogP contribution is -2.39. The molecule has 5 aromatic rings. The van der Waals surface area contributed by atoms with Crippen LogP contribution in [0.4, 0.5) is 10.6 Å². The number of nitrogens with one attached hydrogen (secondary N) is 1. The van der Waals surface area contributed by atoms with Crippen molar-refractivity contribution in [1.29, 1.82) is 0 Å². The Labute approximate surface area is 497 Å². The molecule has 5 aliphatic rings. The standard InChI is InChI=1S/C14H17N3O3.C10H16O4.C10H18O3.C10H16O3.C9H9N3O.C5H6N2O.3CH4.H2/c1-13(2,3)20-12(18)17-14(6-7-14)11-16-10-9(19-11)5-4-8-15-10;1-9(2,3)14-7(11)6-10(4-5-10)8(12)13;2*1-9(2,3)13-8(12)6-10(7-11)4-5-10;10-9(3-4-9)8-12-7-6(13-8)2-1-5-11-7;6-5-4(8)2-1-3-7-5;;;;/h4-5,8H,6-7H2,1-3H3,(H,17,18);4-6H2,1-3H3,(H,12,13);11H,4-7H2,1-3H3;7H,4-6H2,1-3H3;1-2,5H,3-4,10H2;1-3,8H,(H2,6,7);3*1H4;1H/i;;;;;;;;;1+1D. The summed E-state index contributed by atoms with van der Waals surface area (Å²) in [5.41, 5.74) is 9.56. The first kappa shape index (κ1) is 71.0. The van der Waals surface area contributed by atoms with Crippen molar-refractivity contribution in [3.63, 3.8) is 0 Å². The van der Waals surface area contributed by atoms with Crippen LogP contribution in [0.15, 0.2) is 63.8 Å². The van der Waals surface area contributed by atoms with E-state index in [1.54, 1.807) is 45.3 Å². The van der Waals surface area contributed by atoms with Crippen molar-refractivity contribution in [1.82, 2.24) is 30.2 Å². The molecular weight excluding hydrogens is 1080 g/mol. The maximum absolute atomic E-state index is 11.9. The molecule has 84 heavy (non-hydrogen) atoms. The number of pyridine rings is 3. The molecule has 5 aliphatic carbocycles. The fourth-order valence-electron chi connectivity index (χ4n) is 7.41. The summed E-state index contributed by atoms with van der Waals surface area (Å²) in [6.45, 7) is 21.9. The number of carboxylic acids is 1. The molecule has 8 N–H and O–H groups in total. The number of aliphatic hydroxyl groups excluding tert-OH is 1. The monoisotopic (exact) mass is 1180 g/mol. The van der Waals surface area contributed by atoms with Gasteiger partial charge in [0.15, 0.2) is 34.0 Å². The first-order valence-electron chi connectivity index (χ1n) is 28.1. The maximum Gasteiger partial charge on any atom is 0.408 e. The van der Waals surface area contributed by atoms with Gasteiger partial charge in [0.05, 0.1) is 30.2 Å². The molecule has 1 amide bonds. The molecule has 0 atom stereocenters. The van der Waals surface area contributed by atoms with Gasteiger partial charge in [-0.1, -0.05) is 22.3 Å². The van der Waals surface area contributed by atoms with E-state index in [9.17, 15) is 28.8 Å². The minimum absolute atomic E-state index is 0. The van der Waals surface area contributed by atoms with Crippen molar-refractivity contribution in [3.05, 3.63) is 66.8 Å². The van der Waals surface area contributed by atoms with Gasteiger partial charge in [-0.05, 0) is 184 Å². The normalized spacial score (nSPS) is 17.1. The zero-order valence-electron chi connectivity index (χ0n) is 50.8. The number of anilines is 1. The fourth-order valence-corrected chi connectivity index (χ4v) is 7.41. The third-order valence-electron chi connectivity index (χ3n) is 12.8. The van der Waals surface area contributed by atoms with Crippen LogP contribution in [0.25, 0.3) is 22.5 Å². The molecule has 0 bridgehead atoms. The molecule has 5 aromatic heterocycles. The van der Waals surface area contributed by atoms with Gasteiger partial charge < -0.3 is 64.7 Å². The van der Waals surface area contributed by atoms with Gasteiger partial charge >= 0.3 is 30.0 Å². The first-order valence-corrected chi connectivity index (χ1v) is 27.1. The van der Waals surface area contributed by atoms with Crippen LogP contribution in [0, 0.1) is 16.2 Å². The highest BCUT2D eigenvalue weighted by atomic mass is 16.6. The summed E-state index contributed by atoms with van der Waals surface area (Å²) in [6.07, 6.45) is 14.1. The van der Waals surface area contributed by atoms with E-state index in [1.165, 1.54) is 12.3 Å². The lowest BCUT2D eigenvalue weighted by atomic mass is 10.0. The number of aldehydes is 1. The molecule has 5 heterocycles. The van der Waals surface area contributed by atoms with E-state index in [-0.39, 0.29) is 81.6 Å². The van der Waals surface area contributed by atoms with Gasteiger partial charge in [0.25, 0.3) is 0 Å². The summed E-state index contributed by atoms with van der Waals surface area (Å²) in [7, 11) is 0. The number of oxazole rings is 2. The fraction of sp³-hybridized carbons (Fsp3) is 0.623. The number of aromatic nitrogens is 5. The molecular formula is C61H96N8O15. The highest BCUT2D eigenvalue weighted by molar-refractivity contribution is 5.85. The molecule has 5 saturated carbocycles. The van der Waals surface area contributed by atoms with Gasteiger partial charge in [-0.25, -0.2) is 19.7 Å². The summed E-state index contributed by atoms with van der Waals surface area (Å²) in [5, 5.41) is 29.4. The number of carboxylic acid groups (broad SMARTS) is 1. The van der Waals surface area contributed by atoms with Gasteiger partial charge in [-0.3, -0.25) is 19.2 Å². The van der Waals surface area contributed by atoms with Crippen LogP contribution in [0.5, 0.6) is 5.75 Å². The lowest BCUT2D eigenvalue weighted by Gasteiger charge is -2.22. The van der Waals surface area contributed by atoms with Crippen molar-refractivity contribution in [2.45, 2.75) is 222 Å². The number of ether oxygens (including phenoxy) is 4.